The number of hydrogen-bond acceptors (Lipinski definition) is 4. The summed E-state index contributed by atoms with van der Waals surface area (Å²) in [6.45, 7) is 1.64. The van der Waals surface area contributed by atoms with Gasteiger partial charge in [0.15, 0.2) is 5.69 Å². The van der Waals surface area contributed by atoms with E-state index in [2.05, 4.69) is 10.1 Å². The monoisotopic (exact) mass is 209 g/mol. The van der Waals surface area contributed by atoms with E-state index in [1.54, 1.807) is 6.92 Å². The van der Waals surface area contributed by atoms with Crippen LogP contribution in [0.2, 0.25) is 0 Å². The number of aliphatic imine (C=N–C) groups is 1. The third-order valence-electron chi connectivity index (χ3n) is 2.01. The summed E-state index contributed by atoms with van der Waals surface area (Å²) in [4.78, 5) is 26.1. The molecule has 0 radical (unpaired) electrons. The number of carboxylic acid groups (broad SMARTS) is 1. The molecule has 0 aliphatic rings. The number of rotatable bonds is 2. The number of carbonyl (C=O) groups is 1. The van der Waals surface area contributed by atoms with Crippen LogP contribution in [-0.4, -0.2) is 33.6 Å². The summed E-state index contributed by atoms with van der Waals surface area (Å²) in [7, 11) is 2.94. The van der Waals surface area contributed by atoms with Gasteiger partial charge in [0.25, 0.3) is 5.56 Å². The molecule has 80 valence electrons. The molecular weight excluding hydrogens is 198 g/mol. The van der Waals surface area contributed by atoms with E-state index in [1.165, 1.54) is 20.2 Å². The lowest BCUT2D eigenvalue weighted by Gasteiger charge is -2.03. The van der Waals surface area contributed by atoms with Crippen LogP contribution in [0, 0.1) is 0 Å². The van der Waals surface area contributed by atoms with Crippen molar-refractivity contribution in [3.05, 3.63) is 27.7 Å². The number of hydrogen-bond donors (Lipinski definition) is 1. The summed E-state index contributed by atoms with van der Waals surface area (Å²) in [6, 6.07) is 1.23. The normalized spacial score (nSPS) is 11.5. The number of aromatic carboxylic acids is 1. The summed E-state index contributed by atoms with van der Waals surface area (Å²) in [6.07, 6.45) is 0. The van der Waals surface area contributed by atoms with Crippen LogP contribution in [0.5, 0.6) is 0 Å². The van der Waals surface area contributed by atoms with Gasteiger partial charge in [0.1, 0.15) is 0 Å². The maximum absolute atomic E-state index is 11.6. The SMILES string of the molecule is CN=C(C)c1cc(C(=O)O)nn(C)c1=O. The van der Waals surface area contributed by atoms with E-state index in [0.717, 1.165) is 4.68 Å². The third kappa shape index (κ3) is 2.09. The second-order valence-corrected chi connectivity index (χ2v) is 2.99. The van der Waals surface area contributed by atoms with Crippen molar-refractivity contribution in [2.24, 2.45) is 12.0 Å². The number of aromatic nitrogens is 2. The largest absolute Gasteiger partial charge is 0.476 e. The predicted molar refractivity (Wildman–Crippen MR) is 54.6 cm³/mol. The first-order valence-corrected chi connectivity index (χ1v) is 4.22. The molecule has 0 aliphatic carbocycles. The summed E-state index contributed by atoms with van der Waals surface area (Å²) < 4.78 is 0.994. The molecule has 6 nitrogen and oxygen atoms in total. The van der Waals surface area contributed by atoms with E-state index in [1.807, 2.05) is 0 Å². The van der Waals surface area contributed by atoms with Gasteiger partial charge in [-0.15, -0.1) is 0 Å². The second-order valence-electron chi connectivity index (χ2n) is 2.99. The van der Waals surface area contributed by atoms with E-state index >= 15 is 0 Å². The highest BCUT2D eigenvalue weighted by Crippen LogP contribution is 1.98. The van der Waals surface area contributed by atoms with Crippen molar-refractivity contribution in [1.29, 1.82) is 0 Å². The van der Waals surface area contributed by atoms with E-state index in [0.29, 0.717) is 5.71 Å². The molecule has 1 aromatic heterocycles. The lowest BCUT2D eigenvalue weighted by atomic mass is 10.2. The zero-order valence-electron chi connectivity index (χ0n) is 8.68. The van der Waals surface area contributed by atoms with Crippen molar-refractivity contribution in [1.82, 2.24) is 9.78 Å². The van der Waals surface area contributed by atoms with E-state index in [-0.39, 0.29) is 16.8 Å². The van der Waals surface area contributed by atoms with Crippen LogP contribution in [0.15, 0.2) is 15.9 Å². The zero-order valence-corrected chi connectivity index (χ0v) is 8.68. The molecule has 15 heavy (non-hydrogen) atoms. The Labute approximate surface area is 85.9 Å². The van der Waals surface area contributed by atoms with Crippen LogP contribution < -0.4 is 5.56 Å². The molecule has 0 aromatic carbocycles. The quantitative estimate of drug-likeness (QED) is 0.690. The molecule has 1 heterocycles. The summed E-state index contributed by atoms with van der Waals surface area (Å²) in [5.74, 6) is -1.17. The van der Waals surface area contributed by atoms with Crippen molar-refractivity contribution in [3.8, 4) is 0 Å². The smallest absolute Gasteiger partial charge is 0.356 e. The number of carboxylic acids is 1. The average molecular weight is 209 g/mol. The van der Waals surface area contributed by atoms with Gasteiger partial charge in [0.2, 0.25) is 0 Å². The Morgan fingerprint density at radius 3 is 2.67 bits per heavy atom. The minimum atomic E-state index is -1.17. The van der Waals surface area contributed by atoms with Crippen LogP contribution >= 0.6 is 0 Å². The van der Waals surface area contributed by atoms with Crippen molar-refractivity contribution in [2.45, 2.75) is 6.92 Å². The van der Waals surface area contributed by atoms with Crippen molar-refractivity contribution in [2.75, 3.05) is 7.05 Å². The zero-order chi connectivity index (χ0) is 11.6. The van der Waals surface area contributed by atoms with Crippen molar-refractivity contribution >= 4 is 11.7 Å². The molecule has 1 rings (SSSR count). The van der Waals surface area contributed by atoms with Crippen LogP contribution in [0.3, 0.4) is 0 Å². The van der Waals surface area contributed by atoms with Crippen LogP contribution in [0.1, 0.15) is 23.0 Å². The van der Waals surface area contributed by atoms with E-state index in [9.17, 15) is 9.59 Å². The molecule has 0 unspecified atom stereocenters. The Morgan fingerprint density at radius 1 is 1.60 bits per heavy atom. The molecule has 1 N–H and O–H groups in total. The first kappa shape index (κ1) is 11.1. The van der Waals surface area contributed by atoms with Gasteiger partial charge in [-0.05, 0) is 13.0 Å². The Morgan fingerprint density at radius 2 is 2.20 bits per heavy atom. The van der Waals surface area contributed by atoms with Gasteiger partial charge in [0.05, 0.1) is 5.56 Å². The fourth-order valence-corrected chi connectivity index (χ4v) is 1.09. The van der Waals surface area contributed by atoms with E-state index in [4.69, 9.17) is 5.11 Å². The molecule has 0 fully saturated rings. The Kier molecular flexibility index (Phi) is 2.99. The van der Waals surface area contributed by atoms with Gasteiger partial charge < -0.3 is 5.11 Å². The van der Waals surface area contributed by atoms with Gasteiger partial charge in [0, 0.05) is 19.8 Å². The lowest BCUT2D eigenvalue weighted by Crippen LogP contribution is -2.28. The summed E-state index contributed by atoms with van der Waals surface area (Å²) in [5.41, 5.74) is 0.214. The lowest BCUT2D eigenvalue weighted by molar-refractivity contribution is 0.0687. The molecule has 0 bridgehead atoms. The summed E-state index contributed by atoms with van der Waals surface area (Å²) in [5, 5.41) is 12.4. The van der Waals surface area contributed by atoms with Gasteiger partial charge in [-0.3, -0.25) is 9.79 Å². The van der Waals surface area contributed by atoms with Gasteiger partial charge >= 0.3 is 5.97 Å². The average Bonchev–Trinajstić information content (AvgIpc) is 2.20. The van der Waals surface area contributed by atoms with Crippen LogP contribution in [0.25, 0.3) is 0 Å². The predicted octanol–water partition coefficient (Wildman–Crippen LogP) is -0.0827. The molecule has 0 saturated carbocycles. The molecule has 0 saturated heterocycles. The first-order chi connectivity index (χ1) is 6.97. The van der Waals surface area contributed by atoms with Gasteiger partial charge in [-0.25, -0.2) is 9.48 Å². The minimum Gasteiger partial charge on any atom is -0.476 e. The highest BCUT2D eigenvalue weighted by Gasteiger charge is 2.12. The molecule has 0 spiro atoms. The Bertz CT molecular complexity index is 488. The minimum absolute atomic E-state index is 0.171. The second kappa shape index (κ2) is 4.04. The van der Waals surface area contributed by atoms with Crippen molar-refractivity contribution < 1.29 is 9.90 Å². The molecular formula is C9H11N3O3. The summed E-state index contributed by atoms with van der Waals surface area (Å²) >= 11 is 0. The van der Waals surface area contributed by atoms with Crippen LogP contribution in [0.4, 0.5) is 0 Å². The Balaban J connectivity index is 3.52. The molecule has 0 amide bonds. The molecule has 0 aliphatic heterocycles. The fraction of sp³-hybridized carbons (Fsp3) is 0.333. The highest BCUT2D eigenvalue weighted by atomic mass is 16.4. The third-order valence-corrected chi connectivity index (χ3v) is 2.01. The van der Waals surface area contributed by atoms with Crippen LogP contribution in [-0.2, 0) is 7.05 Å². The van der Waals surface area contributed by atoms with Gasteiger partial charge in [-0.2, -0.15) is 5.10 Å². The highest BCUT2D eigenvalue weighted by molar-refractivity contribution is 5.99. The van der Waals surface area contributed by atoms with E-state index < -0.39 is 5.97 Å². The number of nitrogens with zero attached hydrogens (tertiary/aromatic N) is 3. The standard InChI is InChI=1S/C9H11N3O3/c1-5(10-2)6-4-7(9(14)15)11-12(3)8(6)13/h4H,1-3H3,(H,14,15). The maximum Gasteiger partial charge on any atom is 0.356 e. The fourth-order valence-electron chi connectivity index (χ4n) is 1.09. The molecule has 6 heteroatoms. The molecule has 0 atom stereocenters. The maximum atomic E-state index is 11.6. The topological polar surface area (TPSA) is 84.5 Å². The first-order valence-electron chi connectivity index (χ1n) is 4.22. The number of aryl methyl sites for hydroxylation is 1. The Hall–Kier alpha value is -1.98. The molecule has 1 aromatic rings. The van der Waals surface area contributed by atoms with Crippen molar-refractivity contribution in [3.63, 3.8) is 0 Å². The van der Waals surface area contributed by atoms with Gasteiger partial charge in [-0.1, -0.05) is 0 Å².